The monoisotopic (exact) mass is 265 g/mol. The Kier molecular flexibility index (Phi) is 5.11. The second-order valence-corrected chi connectivity index (χ2v) is 5.57. The lowest BCUT2D eigenvalue weighted by molar-refractivity contribution is 0.277. The summed E-state index contributed by atoms with van der Waals surface area (Å²) in [7, 11) is -6.64. The smallest absolute Gasteiger partial charge is 0.317 e. The minimum atomic E-state index is -3.54. The summed E-state index contributed by atoms with van der Waals surface area (Å²) in [6, 6.07) is 8.59. The van der Waals surface area contributed by atoms with E-state index in [4.69, 9.17) is 4.89 Å². The third-order valence-corrected chi connectivity index (χ3v) is 3.34. The predicted octanol–water partition coefficient (Wildman–Crippen LogP) is 0.462. The zero-order valence-electron chi connectivity index (χ0n) is 8.29. The molecule has 0 saturated heterocycles. The maximum Gasteiger partial charge on any atom is 0.317 e. The van der Waals surface area contributed by atoms with Crippen LogP contribution in [0.4, 0.5) is 0 Å². The lowest BCUT2D eigenvalue weighted by atomic mass is 10.2. The highest BCUT2D eigenvalue weighted by atomic mass is 32.2. The molecule has 0 aliphatic carbocycles. The molecule has 0 spiro atoms. The molecule has 0 aromatic heterocycles. The number of rotatable bonds is 6. The average Bonchev–Trinajstić information content (AvgIpc) is 2.17. The fourth-order valence-electron chi connectivity index (χ4n) is 1.03. The largest absolute Gasteiger partial charge is 0.326 e. The summed E-state index contributed by atoms with van der Waals surface area (Å²) in [5, 5.41) is 0. The van der Waals surface area contributed by atoms with E-state index in [0.29, 0.717) is 5.56 Å². The van der Waals surface area contributed by atoms with Gasteiger partial charge < -0.3 is 4.89 Å². The van der Waals surface area contributed by atoms with Crippen LogP contribution >= 0.6 is 8.25 Å². The molecule has 1 atom stereocenters. The molecule has 0 aliphatic heterocycles. The van der Waals surface area contributed by atoms with Crippen molar-refractivity contribution in [2.75, 3.05) is 6.73 Å². The highest BCUT2D eigenvalue weighted by Gasteiger charge is 2.10. The molecule has 0 heterocycles. The zero-order chi connectivity index (χ0) is 12.0. The Labute approximate surface area is 94.3 Å². The van der Waals surface area contributed by atoms with Gasteiger partial charge in [0.2, 0.25) is 10.0 Å². The number of hydrogen-bond donors (Lipinski definition) is 2. The van der Waals surface area contributed by atoms with Gasteiger partial charge >= 0.3 is 8.25 Å². The van der Waals surface area contributed by atoms with Crippen LogP contribution in [-0.4, -0.2) is 20.0 Å². The van der Waals surface area contributed by atoms with Crippen molar-refractivity contribution in [2.24, 2.45) is 0 Å². The van der Waals surface area contributed by atoms with Gasteiger partial charge in [0.25, 0.3) is 0 Å². The van der Waals surface area contributed by atoms with Crippen molar-refractivity contribution in [3.8, 4) is 0 Å². The molecule has 0 bridgehead atoms. The van der Waals surface area contributed by atoms with E-state index in [1.807, 2.05) is 0 Å². The maximum atomic E-state index is 11.4. The van der Waals surface area contributed by atoms with Crippen LogP contribution in [0, 0.1) is 0 Å². The Hall–Kier alpha value is -0.720. The molecule has 6 nitrogen and oxygen atoms in total. The number of hydrogen-bond acceptors (Lipinski definition) is 4. The summed E-state index contributed by atoms with van der Waals surface area (Å²) in [5.74, 6) is -0.191. The summed E-state index contributed by atoms with van der Waals surface area (Å²) in [5.41, 5.74) is 0.631. The first kappa shape index (κ1) is 13.3. The van der Waals surface area contributed by atoms with Gasteiger partial charge in [0.1, 0.15) is 6.73 Å². The van der Waals surface area contributed by atoms with Crippen molar-refractivity contribution in [2.45, 2.75) is 5.75 Å². The second-order valence-electron chi connectivity index (χ2n) is 2.94. The first-order valence-corrected chi connectivity index (χ1v) is 7.28. The molecule has 1 rings (SSSR count). The molecule has 0 aliphatic rings. The average molecular weight is 265 g/mol. The van der Waals surface area contributed by atoms with E-state index in [9.17, 15) is 13.0 Å². The van der Waals surface area contributed by atoms with E-state index in [2.05, 4.69) is 9.25 Å². The van der Waals surface area contributed by atoms with Crippen molar-refractivity contribution in [3.05, 3.63) is 35.9 Å². The van der Waals surface area contributed by atoms with Crippen LogP contribution in [0.2, 0.25) is 0 Å². The molecule has 0 fully saturated rings. The van der Waals surface area contributed by atoms with Crippen LogP contribution in [0.5, 0.6) is 0 Å². The lowest BCUT2D eigenvalue weighted by Crippen LogP contribution is -2.26. The Morgan fingerprint density at radius 2 is 1.94 bits per heavy atom. The first-order chi connectivity index (χ1) is 7.49. The number of nitrogens with one attached hydrogen (secondary N) is 1. The molecule has 16 heavy (non-hydrogen) atoms. The molecule has 1 aromatic carbocycles. The summed E-state index contributed by atoms with van der Waals surface area (Å²) in [6.45, 7) is -0.497. The zero-order valence-corrected chi connectivity index (χ0v) is 10.1. The first-order valence-electron chi connectivity index (χ1n) is 4.36. The van der Waals surface area contributed by atoms with Gasteiger partial charge in [-0.15, -0.1) is 0 Å². The molecule has 2 N–H and O–H groups in total. The Bertz CT molecular complexity index is 447. The molecule has 0 amide bonds. The van der Waals surface area contributed by atoms with Crippen molar-refractivity contribution in [3.63, 3.8) is 0 Å². The van der Waals surface area contributed by atoms with E-state index < -0.39 is 25.0 Å². The van der Waals surface area contributed by atoms with Crippen molar-refractivity contribution < 1.29 is 22.4 Å². The van der Waals surface area contributed by atoms with E-state index >= 15 is 0 Å². The molecule has 1 aromatic rings. The topological polar surface area (TPSA) is 92.7 Å². The SMILES string of the molecule is O=[PH](O)OCNS(=O)(=O)Cc1ccccc1. The van der Waals surface area contributed by atoms with Gasteiger partial charge in [0.05, 0.1) is 5.75 Å². The third kappa shape index (κ3) is 5.39. The Balaban J connectivity index is 2.49. The maximum absolute atomic E-state index is 11.4. The molecule has 0 saturated carbocycles. The van der Waals surface area contributed by atoms with Crippen LogP contribution < -0.4 is 4.72 Å². The minimum Gasteiger partial charge on any atom is -0.326 e. The van der Waals surface area contributed by atoms with E-state index in [0.717, 1.165) is 0 Å². The standard InChI is InChI=1S/C8H12NO5PS/c10-15(11)14-7-9-16(12,13)6-8-4-2-1-3-5-8/h1-5,9,15H,6-7H2,(H,10,11). The van der Waals surface area contributed by atoms with Gasteiger partial charge in [-0.2, -0.15) is 4.72 Å². The van der Waals surface area contributed by atoms with Gasteiger partial charge in [0.15, 0.2) is 0 Å². The highest BCUT2D eigenvalue weighted by molar-refractivity contribution is 7.88. The van der Waals surface area contributed by atoms with Gasteiger partial charge in [-0.25, -0.2) is 8.42 Å². The van der Waals surface area contributed by atoms with Crippen LogP contribution in [0.1, 0.15) is 5.56 Å². The Morgan fingerprint density at radius 1 is 1.31 bits per heavy atom. The lowest BCUT2D eigenvalue weighted by Gasteiger charge is -2.05. The predicted molar refractivity (Wildman–Crippen MR) is 59.4 cm³/mol. The fourth-order valence-corrected chi connectivity index (χ4v) is 2.30. The summed E-state index contributed by atoms with van der Waals surface area (Å²) in [4.78, 5) is 8.33. The molecule has 0 radical (unpaired) electrons. The van der Waals surface area contributed by atoms with Crippen LogP contribution in [-0.2, 0) is 24.9 Å². The van der Waals surface area contributed by atoms with Crippen LogP contribution in [0.25, 0.3) is 0 Å². The van der Waals surface area contributed by atoms with E-state index in [1.54, 1.807) is 30.3 Å². The molecular weight excluding hydrogens is 253 g/mol. The molecule has 1 unspecified atom stereocenters. The van der Waals surface area contributed by atoms with Crippen LogP contribution in [0.3, 0.4) is 0 Å². The fraction of sp³-hybridized carbons (Fsp3) is 0.250. The molecule has 90 valence electrons. The minimum absolute atomic E-state index is 0.191. The summed E-state index contributed by atoms with van der Waals surface area (Å²) in [6.07, 6.45) is 0. The normalized spacial score (nSPS) is 13.6. The van der Waals surface area contributed by atoms with Gasteiger partial charge in [0, 0.05) is 0 Å². The summed E-state index contributed by atoms with van der Waals surface area (Å²) >= 11 is 0. The number of sulfonamides is 1. The van der Waals surface area contributed by atoms with E-state index in [1.165, 1.54) is 0 Å². The Morgan fingerprint density at radius 3 is 2.50 bits per heavy atom. The quantitative estimate of drug-likeness (QED) is 0.576. The third-order valence-electron chi connectivity index (χ3n) is 1.67. The molecule has 8 heteroatoms. The van der Waals surface area contributed by atoms with Crippen molar-refractivity contribution in [1.29, 1.82) is 0 Å². The van der Waals surface area contributed by atoms with E-state index in [-0.39, 0.29) is 5.75 Å². The van der Waals surface area contributed by atoms with Gasteiger partial charge in [-0.05, 0) is 5.56 Å². The van der Waals surface area contributed by atoms with Crippen molar-refractivity contribution >= 4 is 18.3 Å². The number of benzene rings is 1. The summed E-state index contributed by atoms with van der Waals surface area (Å²) < 4.78 is 39.3. The highest BCUT2D eigenvalue weighted by Crippen LogP contribution is 2.13. The van der Waals surface area contributed by atoms with Gasteiger partial charge in [-0.3, -0.25) is 9.09 Å². The van der Waals surface area contributed by atoms with Crippen LogP contribution in [0.15, 0.2) is 30.3 Å². The molecular formula is C8H12NO5PS. The van der Waals surface area contributed by atoms with Crippen molar-refractivity contribution in [1.82, 2.24) is 4.72 Å². The van der Waals surface area contributed by atoms with Gasteiger partial charge in [-0.1, -0.05) is 30.3 Å². The second kappa shape index (κ2) is 6.12.